The number of carbonyl (C=O) groups excluding carboxylic acids is 1. The van der Waals surface area contributed by atoms with E-state index in [1.165, 1.54) is 11.8 Å². The second kappa shape index (κ2) is 9.46. The number of carbonyl (C=O) groups is 1. The number of halogens is 1. The summed E-state index contributed by atoms with van der Waals surface area (Å²) >= 11 is 3.50. The molecule has 7 heteroatoms. The van der Waals surface area contributed by atoms with Crippen molar-refractivity contribution in [2.24, 2.45) is 0 Å². The van der Waals surface area contributed by atoms with Gasteiger partial charge in [-0.2, -0.15) is 0 Å². The molecular formula is C25H22IN3O2S. The Morgan fingerprint density at radius 2 is 1.75 bits per heavy atom. The molecule has 0 saturated heterocycles. The van der Waals surface area contributed by atoms with Crippen molar-refractivity contribution in [3.63, 3.8) is 0 Å². The van der Waals surface area contributed by atoms with Gasteiger partial charge in [0.05, 0.1) is 22.3 Å². The summed E-state index contributed by atoms with van der Waals surface area (Å²) in [6, 6.07) is 19.2. The van der Waals surface area contributed by atoms with E-state index >= 15 is 0 Å². The Kier molecular flexibility index (Phi) is 6.66. The first-order valence-electron chi connectivity index (χ1n) is 10.1. The number of benzene rings is 3. The van der Waals surface area contributed by atoms with Crippen LogP contribution in [0.15, 0.2) is 70.6 Å². The molecule has 0 aliphatic rings. The Bertz CT molecular complexity index is 1380. The van der Waals surface area contributed by atoms with Gasteiger partial charge in [-0.15, -0.1) is 0 Å². The quantitative estimate of drug-likeness (QED) is 0.197. The zero-order valence-electron chi connectivity index (χ0n) is 18.0. The minimum atomic E-state index is -0.145. The first-order valence-corrected chi connectivity index (χ1v) is 12.2. The van der Waals surface area contributed by atoms with Gasteiger partial charge in [-0.05, 0) is 103 Å². The molecule has 0 aliphatic heterocycles. The van der Waals surface area contributed by atoms with Gasteiger partial charge in [0.2, 0.25) is 5.91 Å². The van der Waals surface area contributed by atoms with E-state index < -0.39 is 0 Å². The van der Waals surface area contributed by atoms with E-state index in [-0.39, 0.29) is 17.2 Å². The highest BCUT2D eigenvalue weighted by Crippen LogP contribution is 2.24. The lowest BCUT2D eigenvalue weighted by Gasteiger charge is -2.15. The van der Waals surface area contributed by atoms with E-state index in [1.807, 2.05) is 69.3 Å². The summed E-state index contributed by atoms with van der Waals surface area (Å²) in [6.45, 7) is 5.97. The molecule has 0 unspecified atom stereocenters. The van der Waals surface area contributed by atoms with E-state index in [2.05, 4.69) is 34.0 Å². The molecule has 1 heterocycles. The number of nitrogens with one attached hydrogen (secondary N) is 1. The molecule has 1 aromatic heterocycles. The highest BCUT2D eigenvalue weighted by Gasteiger charge is 2.16. The summed E-state index contributed by atoms with van der Waals surface area (Å²) in [5.41, 5.74) is 5.14. The minimum Gasteiger partial charge on any atom is -0.325 e. The van der Waals surface area contributed by atoms with Crippen molar-refractivity contribution < 1.29 is 4.79 Å². The molecular weight excluding hydrogens is 533 g/mol. The fourth-order valence-electron chi connectivity index (χ4n) is 3.60. The van der Waals surface area contributed by atoms with Crippen molar-refractivity contribution in [3.05, 3.63) is 91.3 Å². The molecule has 0 bridgehead atoms. The minimum absolute atomic E-state index is 0.140. The standard InChI is InChI=1S/C25H22IN3O2S/c1-15-10-16(2)12-19(11-15)29-24(31)20-6-4-5-7-22(20)28-25(29)32-14-23(30)27-21-9-8-18(26)13-17(21)3/h4-13H,14H2,1-3H3,(H,27,30). The number of aromatic nitrogens is 2. The van der Waals surface area contributed by atoms with Gasteiger partial charge in [-0.1, -0.05) is 30.0 Å². The van der Waals surface area contributed by atoms with Gasteiger partial charge in [0.25, 0.3) is 5.56 Å². The van der Waals surface area contributed by atoms with Crippen LogP contribution in [0.1, 0.15) is 16.7 Å². The van der Waals surface area contributed by atoms with Gasteiger partial charge in [0.1, 0.15) is 0 Å². The van der Waals surface area contributed by atoms with Gasteiger partial charge >= 0.3 is 0 Å². The zero-order chi connectivity index (χ0) is 22.8. The highest BCUT2D eigenvalue weighted by molar-refractivity contribution is 14.1. The normalized spacial score (nSPS) is 11.0. The summed E-state index contributed by atoms with van der Waals surface area (Å²) in [5, 5.41) is 4.00. The van der Waals surface area contributed by atoms with Gasteiger partial charge < -0.3 is 5.32 Å². The second-order valence-electron chi connectivity index (χ2n) is 7.69. The van der Waals surface area contributed by atoms with Gasteiger partial charge in [-0.25, -0.2) is 4.98 Å². The maximum absolute atomic E-state index is 13.4. The Hall–Kier alpha value is -2.65. The number of thioether (sulfide) groups is 1. The predicted octanol–water partition coefficient (Wildman–Crippen LogP) is 5.65. The second-order valence-corrected chi connectivity index (χ2v) is 9.88. The van der Waals surface area contributed by atoms with Crippen molar-refractivity contribution in [3.8, 4) is 5.69 Å². The van der Waals surface area contributed by atoms with Crippen molar-refractivity contribution >= 4 is 56.9 Å². The Balaban J connectivity index is 1.69. The number of aryl methyl sites for hydroxylation is 3. The number of hydrogen-bond acceptors (Lipinski definition) is 4. The number of anilines is 1. The molecule has 4 rings (SSSR count). The average molecular weight is 555 g/mol. The molecule has 0 saturated carbocycles. The van der Waals surface area contributed by atoms with Crippen LogP contribution in [0.3, 0.4) is 0 Å². The fourth-order valence-corrected chi connectivity index (χ4v) is 5.06. The molecule has 0 atom stereocenters. The maximum atomic E-state index is 13.4. The van der Waals surface area contributed by atoms with Crippen LogP contribution in [0.25, 0.3) is 16.6 Å². The Labute approximate surface area is 204 Å². The number of para-hydroxylation sites is 1. The van der Waals surface area contributed by atoms with Crippen LogP contribution in [0.5, 0.6) is 0 Å². The molecule has 5 nitrogen and oxygen atoms in total. The van der Waals surface area contributed by atoms with E-state index in [9.17, 15) is 9.59 Å². The molecule has 0 radical (unpaired) electrons. The first kappa shape index (κ1) is 22.5. The first-order chi connectivity index (χ1) is 15.3. The number of rotatable bonds is 5. The molecule has 1 amide bonds. The van der Waals surface area contributed by atoms with E-state index in [1.54, 1.807) is 10.6 Å². The van der Waals surface area contributed by atoms with E-state index in [4.69, 9.17) is 4.98 Å². The Morgan fingerprint density at radius 1 is 1.03 bits per heavy atom. The van der Waals surface area contributed by atoms with Crippen molar-refractivity contribution in [2.75, 3.05) is 11.1 Å². The van der Waals surface area contributed by atoms with Gasteiger partial charge in [0.15, 0.2) is 5.16 Å². The fraction of sp³-hybridized carbons (Fsp3) is 0.160. The third-order valence-electron chi connectivity index (χ3n) is 5.00. The van der Waals surface area contributed by atoms with Crippen LogP contribution >= 0.6 is 34.4 Å². The van der Waals surface area contributed by atoms with E-state index in [0.717, 1.165) is 31.6 Å². The molecule has 0 aliphatic carbocycles. The molecule has 32 heavy (non-hydrogen) atoms. The smallest absolute Gasteiger partial charge is 0.266 e. The van der Waals surface area contributed by atoms with Crippen LogP contribution in [0.4, 0.5) is 5.69 Å². The SMILES string of the molecule is Cc1cc(C)cc(-n2c(SCC(=O)Nc3ccc(I)cc3C)nc3ccccc3c2=O)c1. The zero-order valence-corrected chi connectivity index (χ0v) is 21.0. The van der Waals surface area contributed by atoms with Crippen LogP contribution < -0.4 is 10.9 Å². The number of nitrogens with zero attached hydrogens (tertiary/aromatic N) is 2. The Morgan fingerprint density at radius 3 is 2.47 bits per heavy atom. The van der Waals surface area contributed by atoms with Crippen LogP contribution in [0.2, 0.25) is 0 Å². The summed E-state index contributed by atoms with van der Waals surface area (Å²) in [6.07, 6.45) is 0. The molecule has 0 fully saturated rings. The lowest BCUT2D eigenvalue weighted by Crippen LogP contribution is -2.23. The molecule has 162 valence electrons. The third-order valence-corrected chi connectivity index (χ3v) is 6.61. The van der Waals surface area contributed by atoms with Crippen molar-refractivity contribution in [1.82, 2.24) is 9.55 Å². The van der Waals surface area contributed by atoms with Gasteiger partial charge in [0, 0.05) is 9.26 Å². The van der Waals surface area contributed by atoms with E-state index in [0.29, 0.717) is 16.1 Å². The van der Waals surface area contributed by atoms with Gasteiger partial charge in [-0.3, -0.25) is 14.2 Å². The molecule has 1 N–H and O–H groups in total. The average Bonchev–Trinajstić information content (AvgIpc) is 2.73. The monoisotopic (exact) mass is 555 g/mol. The van der Waals surface area contributed by atoms with Crippen molar-refractivity contribution in [1.29, 1.82) is 0 Å². The molecule has 0 spiro atoms. The lowest BCUT2D eigenvalue weighted by atomic mass is 10.1. The summed E-state index contributed by atoms with van der Waals surface area (Å²) < 4.78 is 2.72. The van der Waals surface area contributed by atoms with Crippen LogP contribution in [-0.2, 0) is 4.79 Å². The highest BCUT2D eigenvalue weighted by atomic mass is 127. The largest absolute Gasteiger partial charge is 0.325 e. The van der Waals surface area contributed by atoms with Crippen molar-refractivity contribution in [2.45, 2.75) is 25.9 Å². The summed E-state index contributed by atoms with van der Waals surface area (Å²) in [4.78, 5) is 30.8. The topological polar surface area (TPSA) is 64.0 Å². The third kappa shape index (κ3) is 4.88. The van der Waals surface area contributed by atoms with Crippen LogP contribution in [0, 0.1) is 24.3 Å². The predicted molar refractivity (Wildman–Crippen MR) is 140 cm³/mol. The molecule has 3 aromatic carbocycles. The number of amides is 1. The summed E-state index contributed by atoms with van der Waals surface area (Å²) in [7, 11) is 0. The summed E-state index contributed by atoms with van der Waals surface area (Å²) in [5.74, 6) is -0.00485. The number of hydrogen-bond donors (Lipinski definition) is 1. The maximum Gasteiger partial charge on any atom is 0.266 e. The van der Waals surface area contributed by atoms with Crippen LogP contribution in [-0.4, -0.2) is 21.2 Å². The lowest BCUT2D eigenvalue weighted by molar-refractivity contribution is -0.113. The molecule has 4 aromatic rings. The number of fused-ring (bicyclic) bond motifs is 1.